The second-order valence-corrected chi connectivity index (χ2v) is 4.98. The molecule has 0 aliphatic rings. The number of carbonyl (C=O) groups is 1. The number of nitrogens with zero attached hydrogens (tertiary/aromatic N) is 5. The van der Waals surface area contributed by atoms with Crippen LogP contribution in [0.15, 0.2) is 42.9 Å². The van der Waals surface area contributed by atoms with E-state index in [0.717, 1.165) is 5.56 Å². The Morgan fingerprint density at radius 1 is 1.09 bits per heavy atom. The van der Waals surface area contributed by atoms with Crippen LogP contribution in [-0.2, 0) is 0 Å². The number of halogens is 1. The standard InChI is InChI=1S/C15H11ClN6O/c1-9-19-13(10-4-6-17-7-5-10)21-15(20-9)22-14(23)11-2-3-12(16)18-8-11/h2-8H,1H3,(H,19,20,21,22,23). The molecule has 0 aliphatic heterocycles. The van der Waals surface area contributed by atoms with Crippen molar-refractivity contribution in [3.8, 4) is 11.4 Å². The Morgan fingerprint density at radius 2 is 1.87 bits per heavy atom. The number of anilines is 1. The molecule has 114 valence electrons. The Morgan fingerprint density at radius 3 is 2.57 bits per heavy atom. The highest BCUT2D eigenvalue weighted by Gasteiger charge is 2.11. The van der Waals surface area contributed by atoms with Crippen molar-refractivity contribution in [2.24, 2.45) is 0 Å². The van der Waals surface area contributed by atoms with Crippen molar-refractivity contribution >= 4 is 23.5 Å². The largest absolute Gasteiger partial charge is 0.290 e. The minimum absolute atomic E-state index is 0.171. The zero-order valence-corrected chi connectivity index (χ0v) is 12.8. The number of nitrogens with one attached hydrogen (secondary N) is 1. The van der Waals surface area contributed by atoms with Gasteiger partial charge in [0, 0.05) is 24.2 Å². The van der Waals surface area contributed by atoms with Crippen LogP contribution in [0.3, 0.4) is 0 Å². The maximum atomic E-state index is 12.2. The molecule has 0 unspecified atom stereocenters. The first-order valence-corrected chi connectivity index (χ1v) is 7.05. The molecular weight excluding hydrogens is 316 g/mol. The van der Waals surface area contributed by atoms with E-state index in [1.54, 1.807) is 37.5 Å². The highest BCUT2D eigenvalue weighted by atomic mass is 35.5. The van der Waals surface area contributed by atoms with E-state index in [9.17, 15) is 4.79 Å². The van der Waals surface area contributed by atoms with Gasteiger partial charge in [-0.3, -0.25) is 15.1 Å². The van der Waals surface area contributed by atoms with Gasteiger partial charge in [-0.25, -0.2) is 9.97 Å². The molecule has 7 nitrogen and oxygen atoms in total. The minimum Gasteiger partial charge on any atom is -0.290 e. The molecule has 0 aliphatic carbocycles. The van der Waals surface area contributed by atoms with Gasteiger partial charge in [-0.15, -0.1) is 0 Å². The smallest absolute Gasteiger partial charge is 0.259 e. The lowest BCUT2D eigenvalue weighted by Crippen LogP contribution is -2.15. The van der Waals surface area contributed by atoms with E-state index in [1.807, 2.05) is 0 Å². The lowest BCUT2D eigenvalue weighted by Gasteiger charge is -2.06. The fraction of sp³-hybridized carbons (Fsp3) is 0.0667. The zero-order chi connectivity index (χ0) is 16.2. The quantitative estimate of drug-likeness (QED) is 0.743. The monoisotopic (exact) mass is 326 g/mol. The third kappa shape index (κ3) is 3.64. The summed E-state index contributed by atoms with van der Waals surface area (Å²) in [4.78, 5) is 32.7. The molecule has 0 fully saturated rings. The number of aryl methyl sites for hydroxylation is 1. The zero-order valence-electron chi connectivity index (χ0n) is 12.1. The summed E-state index contributed by atoms with van der Waals surface area (Å²) in [6.07, 6.45) is 4.67. The van der Waals surface area contributed by atoms with Crippen molar-refractivity contribution in [1.29, 1.82) is 0 Å². The SMILES string of the molecule is Cc1nc(NC(=O)c2ccc(Cl)nc2)nc(-c2ccncc2)n1. The van der Waals surface area contributed by atoms with Crippen LogP contribution in [0.25, 0.3) is 11.4 Å². The molecule has 1 N–H and O–H groups in total. The highest BCUT2D eigenvalue weighted by Crippen LogP contribution is 2.15. The third-order valence-electron chi connectivity index (χ3n) is 2.90. The fourth-order valence-corrected chi connectivity index (χ4v) is 1.96. The van der Waals surface area contributed by atoms with Crippen LogP contribution in [0.4, 0.5) is 5.95 Å². The second-order valence-electron chi connectivity index (χ2n) is 4.59. The number of carbonyl (C=O) groups excluding carboxylic acids is 1. The predicted molar refractivity (Wildman–Crippen MR) is 85.0 cm³/mol. The van der Waals surface area contributed by atoms with Gasteiger partial charge in [-0.05, 0) is 31.2 Å². The molecule has 0 aromatic carbocycles. The van der Waals surface area contributed by atoms with Crippen molar-refractivity contribution in [3.05, 3.63) is 59.4 Å². The first-order valence-electron chi connectivity index (χ1n) is 6.68. The summed E-state index contributed by atoms with van der Waals surface area (Å²) in [7, 11) is 0. The van der Waals surface area contributed by atoms with Crippen LogP contribution in [0.1, 0.15) is 16.2 Å². The van der Waals surface area contributed by atoms with Crippen LogP contribution in [0, 0.1) is 6.92 Å². The first kappa shape index (κ1) is 15.0. The molecule has 0 atom stereocenters. The van der Waals surface area contributed by atoms with E-state index in [1.165, 1.54) is 12.3 Å². The summed E-state index contributed by atoms with van der Waals surface area (Å²) in [5.41, 5.74) is 1.15. The Bertz CT molecular complexity index is 838. The van der Waals surface area contributed by atoms with Crippen LogP contribution < -0.4 is 5.32 Å². The second kappa shape index (κ2) is 6.45. The summed E-state index contributed by atoms with van der Waals surface area (Å²) in [5.74, 6) is 0.755. The summed E-state index contributed by atoms with van der Waals surface area (Å²) < 4.78 is 0. The van der Waals surface area contributed by atoms with Gasteiger partial charge in [0.2, 0.25) is 5.95 Å². The first-order chi connectivity index (χ1) is 11.1. The highest BCUT2D eigenvalue weighted by molar-refractivity contribution is 6.29. The van der Waals surface area contributed by atoms with Gasteiger partial charge in [0.15, 0.2) is 5.82 Å². The van der Waals surface area contributed by atoms with E-state index in [0.29, 0.717) is 22.4 Å². The van der Waals surface area contributed by atoms with E-state index in [2.05, 4.69) is 30.2 Å². The molecule has 3 heterocycles. The molecule has 3 rings (SSSR count). The molecule has 23 heavy (non-hydrogen) atoms. The average Bonchev–Trinajstić information content (AvgIpc) is 2.55. The van der Waals surface area contributed by atoms with Crippen molar-refractivity contribution in [2.45, 2.75) is 6.92 Å². The maximum Gasteiger partial charge on any atom is 0.259 e. The van der Waals surface area contributed by atoms with E-state index in [-0.39, 0.29) is 11.9 Å². The molecule has 0 spiro atoms. The normalized spacial score (nSPS) is 10.3. The van der Waals surface area contributed by atoms with Crippen LogP contribution in [0.2, 0.25) is 5.15 Å². The number of rotatable bonds is 3. The molecule has 0 saturated carbocycles. The van der Waals surface area contributed by atoms with Gasteiger partial charge in [0.1, 0.15) is 11.0 Å². The predicted octanol–water partition coefficient (Wildman–Crippen LogP) is 2.54. The van der Waals surface area contributed by atoms with Crippen LogP contribution >= 0.6 is 11.6 Å². The average molecular weight is 327 g/mol. The molecule has 3 aromatic heterocycles. The Hall–Kier alpha value is -2.93. The molecule has 8 heteroatoms. The van der Waals surface area contributed by atoms with E-state index >= 15 is 0 Å². The van der Waals surface area contributed by atoms with Gasteiger partial charge in [-0.2, -0.15) is 9.97 Å². The van der Waals surface area contributed by atoms with Crippen molar-refractivity contribution in [2.75, 3.05) is 5.32 Å². The van der Waals surface area contributed by atoms with E-state index in [4.69, 9.17) is 11.6 Å². The lowest BCUT2D eigenvalue weighted by molar-refractivity contribution is 0.102. The van der Waals surface area contributed by atoms with Gasteiger partial charge in [-0.1, -0.05) is 11.6 Å². The molecule has 0 radical (unpaired) electrons. The van der Waals surface area contributed by atoms with Gasteiger partial charge in [0.05, 0.1) is 5.56 Å². The molecular formula is C15H11ClN6O. The summed E-state index contributed by atoms with van der Waals surface area (Å²) in [6.45, 7) is 1.73. The third-order valence-corrected chi connectivity index (χ3v) is 3.12. The Labute approximate surface area is 136 Å². The fourth-order valence-electron chi connectivity index (χ4n) is 1.85. The Kier molecular flexibility index (Phi) is 4.20. The van der Waals surface area contributed by atoms with Crippen LogP contribution in [0.5, 0.6) is 0 Å². The van der Waals surface area contributed by atoms with Gasteiger partial charge >= 0.3 is 0 Å². The van der Waals surface area contributed by atoms with Crippen molar-refractivity contribution in [1.82, 2.24) is 24.9 Å². The van der Waals surface area contributed by atoms with E-state index < -0.39 is 0 Å². The van der Waals surface area contributed by atoms with Crippen molar-refractivity contribution < 1.29 is 4.79 Å². The van der Waals surface area contributed by atoms with Gasteiger partial charge in [0.25, 0.3) is 5.91 Å². The number of hydrogen-bond donors (Lipinski definition) is 1. The number of pyridine rings is 2. The molecule has 0 bridgehead atoms. The lowest BCUT2D eigenvalue weighted by atomic mass is 10.2. The minimum atomic E-state index is -0.375. The van der Waals surface area contributed by atoms with Crippen molar-refractivity contribution in [3.63, 3.8) is 0 Å². The number of hydrogen-bond acceptors (Lipinski definition) is 6. The number of amides is 1. The topological polar surface area (TPSA) is 93.6 Å². The maximum absolute atomic E-state index is 12.2. The van der Waals surface area contributed by atoms with Gasteiger partial charge < -0.3 is 0 Å². The number of aromatic nitrogens is 5. The summed E-state index contributed by atoms with van der Waals surface area (Å²) >= 11 is 5.71. The molecule has 1 amide bonds. The van der Waals surface area contributed by atoms with Crippen LogP contribution in [-0.4, -0.2) is 30.8 Å². The molecule has 3 aromatic rings. The molecule has 0 saturated heterocycles. The Balaban J connectivity index is 1.87. The summed E-state index contributed by atoms with van der Waals surface area (Å²) in [6, 6.07) is 6.67. The summed E-state index contributed by atoms with van der Waals surface area (Å²) in [5, 5.41) is 2.95.